The van der Waals surface area contributed by atoms with Crippen molar-refractivity contribution in [2.45, 2.75) is 45.6 Å². The van der Waals surface area contributed by atoms with Crippen LogP contribution in [-0.2, 0) is 0 Å². The van der Waals surface area contributed by atoms with Crippen molar-refractivity contribution in [1.82, 2.24) is 4.90 Å². The number of amides is 1. The average Bonchev–Trinajstić information content (AvgIpc) is 3.23. The summed E-state index contributed by atoms with van der Waals surface area (Å²) < 4.78 is 0. The molecular formula is C16H24N2O. The molecule has 0 unspecified atom stereocenters. The van der Waals surface area contributed by atoms with Crippen molar-refractivity contribution in [1.29, 1.82) is 0 Å². The van der Waals surface area contributed by atoms with Crippen LogP contribution in [-0.4, -0.2) is 30.4 Å². The number of benzene rings is 1. The molecule has 1 N–H and O–H groups in total. The molecule has 19 heavy (non-hydrogen) atoms. The van der Waals surface area contributed by atoms with Crippen molar-refractivity contribution in [3.8, 4) is 0 Å². The Bertz CT molecular complexity index is 452. The van der Waals surface area contributed by atoms with E-state index in [1.54, 1.807) is 0 Å². The van der Waals surface area contributed by atoms with Gasteiger partial charge in [-0.2, -0.15) is 0 Å². The number of nitrogens with zero attached hydrogens (tertiary/aromatic N) is 1. The molecule has 0 saturated heterocycles. The summed E-state index contributed by atoms with van der Waals surface area (Å²) in [5, 5.41) is 3.14. The highest BCUT2D eigenvalue weighted by Crippen LogP contribution is 2.29. The fourth-order valence-electron chi connectivity index (χ4n) is 2.41. The molecule has 1 aromatic rings. The SMILES string of the molecule is CCCCN(C(=O)c1ccc(NC)c(C)c1)C1CC1. The summed E-state index contributed by atoms with van der Waals surface area (Å²) in [5.74, 6) is 0.196. The van der Waals surface area contributed by atoms with Crippen molar-refractivity contribution in [3.05, 3.63) is 29.3 Å². The Morgan fingerprint density at radius 2 is 2.16 bits per heavy atom. The molecule has 0 atom stereocenters. The van der Waals surface area contributed by atoms with Gasteiger partial charge in [0.15, 0.2) is 0 Å². The van der Waals surface area contributed by atoms with Gasteiger partial charge in [-0.1, -0.05) is 13.3 Å². The Kier molecular flexibility index (Phi) is 4.46. The van der Waals surface area contributed by atoms with E-state index in [0.717, 1.165) is 36.2 Å². The molecule has 1 aromatic carbocycles. The van der Waals surface area contributed by atoms with E-state index in [-0.39, 0.29) is 5.91 Å². The predicted octanol–water partition coefficient (Wildman–Crippen LogP) is 3.44. The van der Waals surface area contributed by atoms with Gasteiger partial charge in [0, 0.05) is 30.9 Å². The summed E-state index contributed by atoms with van der Waals surface area (Å²) in [6, 6.07) is 6.41. The molecule has 0 heterocycles. The smallest absolute Gasteiger partial charge is 0.254 e. The molecular weight excluding hydrogens is 236 g/mol. The third-order valence-corrected chi connectivity index (χ3v) is 3.74. The second-order valence-electron chi connectivity index (χ2n) is 5.36. The van der Waals surface area contributed by atoms with E-state index in [9.17, 15) is 4.79 Å². The lowest BCUT2D eigenvalue weighted by Gasteiger charge is -2.22. The van der Waals surface area contributed by atoms with Crippen LogP contribution >= 0.6 is 0 Å². The van der Waals surface area contributed by atoms with Crippen LogP contribution in [0, 0.1) is 6.92 Å². The first-order valence-electron chi connectivity index (χ1n) is 7.26. The second-order valence-corrected chi connectivity index (χ2v) is 5.36. The van der Waals surface area contributed by atoms with Crippen LogP contribution in [0.25, 0.3) is 0 Å². The van der Waals surface area contributed by atoms with Gasteiger partial charge in [-0.05, 0) is 49.9 Å². The first-order chi connectivity index (χ1) is 9.17. The van der Waals surface area contributed by atoms with Crippen molar-refractivity contribution in [2.75, 3.05) is 18.9 Å². The van der Waals surface area contributed by atoms with E-state index in [1.165, 1.54) is 12.8 Å². The van der Waals surface area contributed by atoms with E-state index >= 15 is 0 Å². The number of rotatable bonds is 6. The molecule has 3 nitrogen and oxygen atoms in total. The molecule has 0 radical (unpaired) electrons. The van der Waals surface area contributed by atoms with Gasteiger partial charge in [-0.3, -0.25) is 4.79 Å². The number of unbranched alkanes of at least 4 members (excludes halogenated alkanes) is 1. The highest BCUT2D eigenvalue weighted by Gasteiger charge is 2.32. The molecule has 1 saturated carbocycles. The molecule has 0 aliphatic heterocycles. The Morgan fingerprint density at radius 3 is 2.68 bits per heavy atom. The predicted molar refractivity (Wildman–Crippen MR) is 79.7 cm³/mol. The van der Waals surface area contributed by atoms with Gasteiger partial charge in [-0.25, -0.2) is 0 Å². The number of aryl methyl sites for hydroxylation is 1. The summed E-state index contributed by atoms with van der Waals surface area (Å²) in [7, 11) is 1.90. The Labute approximate surface area is 116 Å². The van der Waals surface area contributed by atoms with Gasteiger partial charge < -0.3 is 10.2 Å². The molecule has 1 aliphatic carbocycles. The Hall–Kier alpha value is -1.51. The van der Waals surface area contributed by atoms with Crippen molar-refractivity contribution in [3.63, 3.8) is 0 Å². The van der Waals surface area contributed by atoms with Crippen LogP contribution in [0.1, 0.15) is 48.5 Å². The van der Waals surface area contributed by atoms with E-state index in [0.29, 0.717) is 6.04 Å². The molecule has 0 aromatic heterocycles. The van der Waals surface area contributed by atoms with Gasteiger partial charge in [-0.15, -0.1) is 0 Å². The van der Waals surface area contributed by atoms with Crippen LogP contribution in [0.15, 0.2) is 18.2 Å². The maximum Gasteiger partial charge on any atom is 0.254 e. The largest absolute Gasteiger partial charge is 0.388 e. The second kappa shape index (κ2) is 6.09. The first-order valence-corrected chi connectivity index (χ1v) is 7.26. The fourth-order valence-corrected chi connectivity index (χ4v) is 2.41. The molecule has 104 valence electrons. The minimum Gasteiger partial charge on any atom is -0.388 e. The number of anilines is 1. The standard InChI is InChI=1S/C16H24N2O/c1-4-5-10-18(14-7-8-14)16(19)13-6-9-15(17-3)12(2)11-13/h6,9,11,14,17H,4-5,7-8,10H2,1-3H3. The number of hydrogen-bond acceptors (Lipinski definition) is 2. The Morgan fingerprint density at radius 1 is 1.42 bits per heavy atom. The van der Waals surface area contributed by atoms with Crippen molar-refractivity contribution < 1.29 is 4.79 Å². The van der Waals surface area contributed by atoms with Gasteiger partial charge >= 0.3 is 0 Å². The van der Waals surface area contributed by atoms with Crippen molar-refractivity contribution in [2.24, 2.45) is 0 Å². The van der Waals surface area contributed by atoms with Gasteiger partial charge in [0.2, 0.25) is 0 Å². The summed E-state index contributed by atoms with van der Waals surface area (Å²) in [6.07, 6.45) is 4.57. The number of carbonyl (C=O) groups is 1. The zero-order chi connectivity index (χ0) is 13.8. The lowest BCUT2D eigenvalue weighted by molar-refractivity contribution is 0.0740. The highest BCUT2D eigenvalue weighted by atomic mass is 16.2. The minimum absolute atomic E-state index is 0.196. The molecule has 1 amide bonds. The van der Waals surface area contributed by atoms with Gasteiger partial charge in [0.05, 0.1) is 0 Å². The molecule has 0 bridgehead atoms. The normalized spacial score (nSPS) is 14.3. The zero-order valence-corrected chi connectivity index (χ0v) is 12.2. The van der Waals surface area contributed by atoms with E-state index in [4.69, 9.17) is 0 Å². The third-order valence-electron chi connectivity index (χ3n) is 3.74. The lowest BCUT2D eigenvalue weighted by atomic mass is 10.1. The fraction of sp³-hybridized carbons (Fsp3) is 0.562. The van der Waals surface area contributed by atoms with Gasteiger partial charge in [0.25, 0.3) is 5.91 Å². The first kappa shape index (κ1) is 13.9. The molecule has 2 rings (SSSR count). The van der Waals surface area contributed by atoms with E-state index < -0.39 is 0 Å². The lowest BCUT2D eigenvalue weighted by Crippen LogP contribution is -2.34. The van der Waals surface area contributed by atoms with E-state index in [2.05, 4.69) is 17.1 Å². The third kappa shape index (κ3) is 3.28. The number of nitrogens with one attached hydrogen (secondary N) is 1. The van der Waals surface area contributed by atoms with Crippen LogP contribution in [0.2, 0.25) is 0 Å². The van der Waals surface area contributed by atoms with Crippen LogP contribution < -0.4 is 5.32 Å². The molecule has 0 spiro atoms. The average molecular weight is 260 g/mol. The zero-order valence-electron chi connectivity index (χ0n) is 12.2. The number of carbonyl (C=O) groups excluding carboxylic acids is 1. The summed E-state index contributed by atoms with van der Waals surface area (Å²) >= 11 is 0. The Balaban J connectivity index is 2.14. The maximum atomic E-state index is 12.6. The van der Waals surface area contributed by atoms with Crippen molar-refractivity contribution >= 4 is 11.6 Å². The quantitative estimate of drug-likeness (QED) is 0.849. The molecule has 1 aliphatic rings. The summed E-state index contributed by atoms with van der Waals surface area (Å²) in [5.41, 5.74) is 3.03. The number of hydrogen-bond donors (Lipinski definition) is 1. The topological polar surface area (TPSA) is 32.3 Å². The highest BCUT2D eigenvalue weighted by molar-refractivity contribution is 5.95. The van der Waals surface area contributed by atoms with Gasteiger partial charge in [0.1, 0.15) is 0 Å². The summed E-state index contributed by atoms with van der Waals surface area (Å²) in [4.78, 5) is 14.7. The molecule has 3 heteroatoms. The van der Waals surface area contributed by atoms with E-state index in [1.807, 2.05) is 32.2 Å². The summed E-state index contributed by atoms with van der Waals surface area (Å²) in [6.45, 7) is 5.10. The van der Waals surface area contributed by atoms with Crippen LogP contribution in [0.3, 0.4) is 0 Å². The molecule has 1 fully saturated rings. The maximum absolute atomic E-state index is 12.6. The monoisotopic (exact) mass is 260 g/mol. The van der Waals surface area contributed by atoms with Crippen LogP contribution in [0.5, 0.6) is 0 Å². The minimum atomic E-state index is 0.196. The van der Waals surface area contributed by atoms with Crippen LogP contribution in [0.4, 0.5) is 5.69 Å².